The van der Waals surface area contributed by atoms with Crippen molar-refractivity contribution in [3.8, 4) is 0 Å². The molecule has 2 aromatic heterocycles. The second-order valence-corrected chi connectivity index (χ2v) is 3.16. The van der Waals surface area contributed by atoms with Crippen LogP contribution in [0.25, 0.3) is 0 Å². The predicted octanol–water partition coefficient (Wildman–Crippen LogP) is 0.914. The number of hydrogen-bond donors (Lipinski definition) is 2. The number of aromatic nitrogens is 4. The van der Waals surface area contributed by atoms with Crippen molar-refractivity contribution in [3.63, 3.8) is 0 Å². The first-order valence-electron chi connectivity index (χ1n) is 4.44. The minimum atomic E-state index is -1.03. The summed E-state index contributed by atoms with van der Waals surface area (Å²) in [7, 11) is 0. The first kappa shape index (κ1) is 9.45. The summed E-state index contributed by atoms with van der Waals surface area (Å²) in [6, 6.07) is -0.0550. The molecule has 6 nitrogen and oxygen atoms in total. The smallest absolute Gasteiger partial charge is 0.356 e. The number of aromatic amines is 1. The molecule has 2 heterocycles. The molecule has 0 aliphatic carbocycles. The van der Waals surface area contributed by atoms with Gasteiger partial charge in [-0.05, 0) is 6.92 Å². The quantitative estimate of drug-likeness (QED) is 0.781. The monoisotopic (exact) mass is 206 g/mol. The van der Waals surface area contributed by atoms with Crippen molar-refractivity contribution in [2.24, 2.45) is 0 Å². The van der Waals surface area contributed by atoms with E-state index in [1.807, 2.05) is 6.92 Å². The van der Waals surface area contributed by atoms with Crippen LogP contribution >= 0.6 is 0 Å². The van der Waals surface area contributed by atoms with Gasteiger partial charge < -0.3 is 14.7 Å². The molecule has 1 atom stereocenters. The van der Waals surface area contributed by atoms with Gasteiger partial charge in [-0.3, -0.25) is 0 Å². The Labute approximate surface area is 85.6 Å². The summed E-state index contributed by atoms with van der Waals surface area (Å²) in [5, 5.41) is 8.71. The van der Waals surface area contributed by atoms with Crippen molar-refractivity contribution in [1.82, 2.24) is 19.5 Å². The largest absolute Gasteiger partial charge is 0.476 e. The van der Waals surface area contributed by atoms with E-state index in [9.17, 15) is 4.79 Å². The average molecular weight is 206 g/mol. The fraction of sp³-hybridized carbons (Fsp3) is 0.222. The Bertz CT molecular complexity index is 460. The first-order chi connectivity index (χ1) is 7.18. The van der Waals surface area contributed by atoms with Crippen LogP contribution in [0.5, 0.6) is 0 Å². The van der Waals surface area contributed by atoms with Crippen molar-refractivity contribution < 1.29 is 9.90 Å². The van der Waals surface area contributed by atoms with Gasteiger partial charge in [0.25, 0.3) is 0 Å². The van der Waals surface area contributed by atoms with Gasteiger partial charge in [0.05, 0.1) is 12.4 Å². The minimum absolute atomic E-state index is 0.0356. The zero-order chi connectivity index (χ0) is 10.8. The predicted molar refractivity (Wildman–Crippen MR) is 51.6 cm³/mol. The third-order valence-electron chi connectivity index (χ3n) is 2.18. The normalized spacial score (nSPS) is 12.6. The van der Waals surface area contributed by atoms with Gasteiger partial charge in [-0.25, -0.2) is 14.8 Å². The molecule has 2 N–H and O–H groups in total. The molecule has 2 aromatic rings. The van der Waals surface area contributed by atoms with Gasteiger partial charge in [-0.1, -0.05) is 0 Å². The average Bonchev–Trinajstić information content (AvgIpc) is 2.88. The van der Waals surface area contributed by atoms with E-state index in [0.717, 1.165) is 5.82 Å². The van der Waals surface area contributed by atoms with E-state index in [2.05, 4.69) is 15.0 Å². The molecule has 0 aliphatic rings. The van der Waals surface area contributed by atoms with E-state index >= 15 is 0 Å². The number of rotatable bonds is 3. The first-order valence-corrected chi connectivity index (χ1v) is 4.44. The van der Waals surface area contributed by atoms with Crippen molar-refractivity contribution in [2.75, 3.05) is 0 Å². The maximum absolute atomic E-state index is 10.6. The molecule has 0 bridgehead atoms. The number of nitrogens with zero attached hydrogens (tertiary/aromatic N) is 3. The molecule has 1 unspecified atom stereocenters. The molecule has 0 aromatic carbocycles. The minimum Gasteiger partial charge on any atom is -0.476 e. The fourth-order valence-electron chi connectivity index (χ4n) is 1.31. The summed E-state index contributed by atoms with van der Waals surface area (Å²) in [5.41, 5.74) is 0.0356. The summed E-state index contributed by atoms with van der Waals surface area (Å²) in [4.78, 5) is 21.5. The maximum atomic E-state index is 10.6. The molecule has 0 saturated heterocycles. The second-order valence-electron chi connectivity index (χ2n) is 3.16. The van der Waals surface area contributed by atoms with Crippen LogP contribution in [-0.2, 0) is 0 Å². The lowest BCUT2D eigenvalue weighted by atomic mass is 10.3. The van der Waals surface area contributed by atoms with Gasteiger partial charge in [-0.15, -0.1) is 0 Å². The number of nitrogens with one attached hydrogen (secondary N) is 1. The van der Waals surface area contributed by atoms with Gasteiger partial charge in [0.15, 0.2) is 5.69 Å². The highest BCUT2D eigenvalue weighted by Gasteiger charge is 2.13. The van der Waals surface area contributed by atoms with E-state index in [4.69, 9.17) is 5.11 Å². The Morgan fingerprint density at radius 3 is 2.93 bits per heavy atom. The van der Waals surface area contributed by atoms with Gasteiger partial charge in [0, 0.05) is 18.6 Å². The van der Waals surface area contributed by atoms with Crippen LogP contribution < -0.4 is 0 Å². The van der Waals surface area contributed by atoms with Crippen molar-refractivity contribution in [2.45, 2.75) is 13.0 Å². The molecule has 0 spiro atoms. The Balaban J connectivity index is 2.26. The SMILES string of the molecule is CC(c1ncc[nH]1)n1cnc(C(=O)O)c1. The van der Waals surface area contributed by atoms with Crippen molar-refractivity contribution in [3.05, 3.63) is 36.4 Å². The molecule has 6 heteroatoms. The highest BCUT2D eigenvalue weighted by atomic mass is 16.4. The van der Waals surface area contributed by atoms with Crippen LogP contribution in [0.1, 0.15) is 29.3 Å². The van der Waals surface area contributed by atoms with Gasteiger partial charge in [0.1, 0.15) is 5.82 Å². The topological polar surface area (TPSA) is 83.8 Å². The van der Waals surface area contributed by atoms with Gasteiger partial charge in [0.2, 0.25) is 0 Å². The number of carbonyl (C=O) groups is 1. The Hall–Kier alpha value is -2.11. The fourth-order valence-corrected chi connectivity index (χ4v) is 1.31. The third kappa shape index (κ3) is 1.74. The van der Waals surface area contributed by atoms with E-state index in [1.54, 1.807) is 17.0 Å². The Kier molecular flexibility index (Phi) is 2.24. The van der Waals surface area contributed by atoms with E-state index in [1.165, 1.54) is 12.5 Å². The maximum Gasteiger partial charge on any atom is 0.356 e. The molecule has 0 radical (unpaired) electrons. The Morgan fingerprint density at radius 1 is 1.60 bits per heavy atom. The molecule has 0 saturated carbocycles. The number of carboxylic acid groups (broad SMARTS) is 1. The third-order valence-corrected chi connectivity index (χ3v) is 2.18. The summed E-state index contributed by atoms with van der Waals surface area (Å²) < 4.78 is 1.70. The van der Waals surface area contributed by atoms with Gasteiger partial charge in [-0.2, -0.15) is 0 Å². The number of aromatic carboxylic acids is 1. The molecule has 0 amide bonds. The number of H-pyrrole nitrogens is 1. The molecule has 0 aliphatic heterocycles. The summed E-state index contributed by atoms with van der Waals surface area (Å²) >= 11 is 0. The number of imidazole rings is 2. The van der Waals surface area contributed by atoms with Crippen LogP contribution in [-0.4, -0.2) is 30.6 Å². The van der Waals surface area contributed by atoms with E-state index in [-0.39, 0.29) is 11.7 Å². The number of hydrogen-bond acceptors (Lipinski definition) is 3. The highest BCUT2D eigenvalue weighted by Crippen LogP contribution is 2.13. The zero-order valence-corrected chi connectivity index (χ0v) is 8.08. The zero-order valence-electron chi connectivity index (χ0n) is 8.08. The summed E-state index contributed by atoms with van der Waals surface area (Å²) in [5.74, 6) is -0.260. The summed E-state index contributed by atoms with van der Waals surface area (Å²) in [6.45, 7) is 1.91. The van der Waals surface area contributed by atoms with Crippen LogP contribution in [0.2, 0.25) is 0 Å². The lowest BCUT2D eigenvalue weighted by Crippen LogP contribution is -2.06. The van der Waals surface area contributed by atoms with Crippen LogP contribution in [0, 0.1) is 0 Å². The summed E-state index contributed by atoms with van der Waals surface area (Å²) in [6.07, 6.45) is 6.34. The van der Waals surface area contributed by atoms with Crippen LogP contribution in [0.4, 0.5) is 0 Å². The van der Waals surface area contributed by atoms with Crippen LogP contribution in [0.15, 0.2) is 24.9 Å². The van der Waals surface area contributed by atoms with E-state index < -0.39 is 5.97 Å². The molecule has 0 fully saturated rings. The molecule has 78 valence electrons. The lowest BCUT2D eigenvalue weighted by molar-refractivity contribution is 0.0691. The Morgan fingerprint density at radius 2 is 2.40 bits per heavy atom. The van der Waals surface area contributed by atoms with E-state index in [0.29, 0.717) is 0 Å². The molecule has 15 heavy (non-hydrogen) atoms. The standard InChI is InChI=1S/C9H10N4O2/c1-6(8-10-2-3-11-8)13-4-7(9(14)15)12-5-13/h2-6H,1H3,(H,10,11)(H,14,15). The molecular weight excluding hydrogens is 196 g/mol. The van der Waals surface area contributed by atoms with Crippen molar-refractivity contribution >= 4 is 5.97 Å². The van der Waals surface area contributed by atoms with Crippen molar-refractivity contribution in [1.29, 1.82) is 0 Å². The lowest BCUT2D eigenvalue weighted by Gasteiger charge is -2.08. The highest BCUT2D eigenvalue weighted by molar-refractivity contribution is 5.84. The van der Waals surface area contributed by atoms with Crippen LogP contribution in [0.3, 0.4) is 0 Å². The number of carboxylic acids is 1. The van der Waals surface area contributed by atoms with Gasteiger partial charge >= 0.3 is 5.97 Å². The molecule has 2 rings (SSSR count). The second kappa shape index (κ2) is 3.56. The molecular formula is C9H10N4O2.